The first kappa shape index (κ1) is 16.0. The van der Waals surface area contributed by atoms with Crippen LogP contribution in [0.4, 0.5) is 0 Å². The number of para-hydroxylation sites is 1. The van der Waals surface area contributed by atoms with E-state index in [1.807, 2.05) is 39.0 Å². The van der Waals surface area contributed by atoms with E-state index in [0.29, 0.717) is 12.6 Å². The molecule has 3 heteroatoms. The average Bonchev–Trinajstić information content (AvgIpc) is 2.37. The van der Waals surface area contributed by atoms with E-state index in [1.54, 1.807) is 7.11 Å². The summed E-state index contributed by atoms with van der Waals surface area (Å²) in [6.45, 7) is 8.67. The first-order valence-electron chi connectivity index (χ1n) is 6.94. The normalized spacial score (nSPS) is 16.2. The van der Waals surface area contributed by atoms with E-state index in [4.69, 9.17) is 4.74 Å². The Hall–Kier alpha value is -1.06. The summed E-state index contributed by atoms with van der Waals surface area (Å²) in [5.74, 6) is 1.16. The van der Waals surface area contributed by atoms with Crippen molar-refractivity contribution in [2.45, 2.75) is 45.8 Å². The highest BCUT2D eigenvalue weighted by atomic mass is 16.5. The second kappa shape index (κ2) is 6.92. The number of hydrogen-bond acceptors (Lipinski definition) is 3. The molecule has 1 rings (SSSR count). The zero-order chi connectivity index (χ0) is 14.5. The van der Waals surface area contributed by atoms with Crippen molar-refractivity contribution < 1.29 is 9.84 Å². The number of methoxy groups -OCH3 is 1. The van der Waals surface area contributed by atoms with Gasteiger partial charge in [-0.3, -0.25) is 0 Å². The molecule has 2 N–H and O–H groups in total. The summed E-state index contributed by atoms with van der Waals surface area (Å²) < 4.78 is 5.35. The van der Waals surface area contributed by atoms with Gasteiger partial charge in [0.2, 0.25) is 0 Å². The van der Waals surface area contributed by atoms with E-state index in [1.165, 1.54) is 5.56 Å². The fraction of sp³-hybridized carbons (Fsp3) is 0.625. The quantitative estimate of drug-likeness (QED) is 0.796. The largest absolute Gasteiger partial charge is 0.496 e. The highest BCUT2D eigenvalue weighted by molar-refractivity contribution is 5.33. The molecule has 0 saturated carbocycles. The predicted octanol–water partition coefficient (Wildman–Crippen LogP) is 2.62. The highest BCUT2D eigenvalue weighted by Gasteiger charge is 2.25. The number of hydrogen-bond donors (Lipinski definition) is 2. The smallest absolute Gasteiger partial charge is 0.122 e. The van der Waals surface area contributed by atoms with Crippen LogP contribution in [0.3, 0.4) is 0 Å². The molecule has 2 unspecified atom stereocenters. The Morgan fingerprint density at radius 1 is 1.26 bits per heavy atom. The van der Waals surface area contributed by atoms with Gasteiger partial charge in [0.1, 0.15) is 5.75 Å². The van der Waals surface area contributed by atoms with Crippen LogP contribution in [0.5, 0.6) is 5.75 Å². The molecule has 0 aliphatic heterocycles. The second-order valence-electron chi connectivity index (χ2n) is 5.81. The lowest BCUT2D eigenvalue weighted by Gasteiger charge is -2.29. The molecule has 0 radical (unpaired) electrons. The number of rotatable bonds is 7. The van der Waals surface area contributed by atoms with Gasteiger partial charge in [0, 0.05) is 12.6 Å². The standard InChI is InChI=1S/C16H27NO2/c1-12(2)16(4,18)11-17-13(3)10-14-8-6-7-9-15(14)19-5/h6-9,12-13,17-18H,10-11H2,1-5H3. The summed E-state index contributed by atoms with van der Waals surface area (Å²) in [6.07, 6.45) is 0.887. The third-order valence-corrected chi connectivity index (χ3v) is 3.77. The molecular formula is C16H27NO2. The van der Waals surface area contributed by atoms with Gasteiger partial charge in [0.15, 0.2) is 0 Å². The van der Waals surface area contributed by atoms with Crippen LogP contribution in [-0.4, -0.2) is 30.4 Å². The van der Waals surface area contributed by atoms with Gasteiger partial charge in [0.25, 0.3) is 0 Å². The molecule has 0 spiro atoms. The van der Waals surface area contributed by atoms with Crippen LogP contribution < -0.4 is 10.1 Å². The summed E-state index contributed by atoms with van der Waals surface area (Å²) in [6, 6.07) is 8.35. The Balaban J connectivity index is 2.54. The third kappa shape index (κ3) is 4.84. The minimum Gasteiger partial charge on any atom is -0.496 e. The van der Waals surface area contributed by atoms with Crippen molar-refractivity contribution in [2.75, 3.05) is 13.7 Å². The fourth-order valence-electron chi connectivity index (χ4n) is 1.86. The molecule has 0 aliphatic rings. The Labute approximate surface area is 117 Å². The van der Waals surface area contributed by atoms with Crippen LogP contribution in [0, 0.1) is 5.92 Å². The Kier molecular flexibility index (Phi) is 5.83. The van der Waals surface area contributed by atoms with Gasteiger partial charge in [-0.15, -0.1) is 0 Å². The molecule has 0 aromatic heterocycles. The van der Waals surface area contributed by atoms with E-state index in [9.17, 15) is 5.11 Å². The van der Waals surface area contributed by atoms with E-state index in [0.717, 1.165) is 12.2 Å². The van der Waals surface area contributed by atoms with Crippen molar-refractivity contribution >= 4 is 0 Å². The van der Waals surface area contributed by atoms with Crippen molar-refractivity contribution in [3.05, 3.63) is 29.8 Å². The molecule has 3 nitrogen and oxygen atoms in total. The monoisotopic (exact) mass is 265 g/mol. The van der Waals surface area contributed by atoms with Gasteiger partial charge in [-0.25, -0.2) is 0 Å². The SMILES string of the molecule is COc1ccccc1CC(C)NCC(C)(O)C(C)C. The summed E-state index contributed by atoms with van der Waals surface area (Å²) in [5.41, 5.74) is 0.517. The lowest BCUT2D eigenvalue weighted by Crippen LogP contribution is -2.45. The van der Waals surface area contributed by atoms with Gasteiger partial charge in [-0.2, -0.15) is 0 Å². The molecule has 108 valence electrons. The molecule has 0 aliphatic carbocycles. The number of benzene rings is 1. The zero-order valence-electron chi connectivity index (χ0n) is 12.7. The van der Waals surface area contributed by atoms with E-state index >= 15 is 0 Å². The van der Waals surface area contributed by atoms with Crippen molar-refractivity contribution in [3.63, 3.8) is 0 Å². The van der Waals surface area contributed by atoms with Crippen molar-refractivity contribution in [2.24, 2.45) is 5.92 Å². The first-order chi connectivity index (χ1) is 8.86. The molecule has 0 bridgehead atoms. The van der Waals surface area contributed by atoms with Gasteiger partial charge in [0.05, 0.1) is 12.7 Å². The van der Waals surface area contributed by atoms with Crippen LogP contribution >= 0.6 is 0 Å². The highest BCUT2D eigenvalue weighted by Crippen LogP contribution is 2.19. The summed E-state index contributed by atoms with van der Waals surface area (Å²) in [7, 11) is 1.69. The summed E-state index contributed by atoms with van der Waals surface area (Å²) in [4.78, 5) is 0. The lowest BCUT2D eigenvalue weighted by atomic mass is 9.92. The Morgan fingerprint density at radius 3 is 2.47 bits per heavy atom. The maximum atomic E-state index is 10.2. The number of ether oxygens (including phenoxy) is 1. The molecular weight excluding hydrogens is 238 g/mol. The molecule has 1 aromatic rings. The minimum absolute atomic E-state index is 0.235. The summed E-state index contributed by atoms with van der Waals surface area (Å²) >= 11 is 0. The first-order valence-corrected chi connectivity index (χ1v) is 6.94. The van der Waals surface area contributed by atoms with Gasteiger partial charge in [-0.1, -0.05) is 32.0 Å². The van der Waals surface area contributed by atoms with Crippen molar-refractivity contribution in [1.29, 1.82) is 0 Å². The number of nitrogens with one attached hydrogen (secondary N) is 1. The van der Waals surface area contributed by atoms with Gasteiger partial charge in [-0.05, 0) is 37.8 Å². The van der Waals surface area contributed by atoms with Crippen LogP contribution in [0.1, 0.15) is 33.3 Å². The zero-order valence-corrected chi connectivity index (χ0v) is 12.7. The maximum Gasteiger partial charge on any atom is 0.122 e. The topological polar surface area (TPSA) is 41.5 Å². The second-order valence-corrected chi connectivity index (χ2v) is 5.81. The Morgan fingerprint density at radius 2 is 1.89 bits per heavy atom. The maximum absolute atomic E-state index is 10.2. The minimum atomic E-state index is -0.672. The van der Waals surface area contributed by atoms with Crippen LogP contribution in [0.25, 0.3) is 0 Å². The molecule has 0 heterocycles. The molecule has 0 amide bonds. The fourth-order valence-corrected chi connectivity index (χ4v) is 1.86. The molecule has 0 saturated heterocycles. The molecule has 19 heavy (non-hydrogen) atoms. The molecule has 0 fully saturated rings. The van der Waals surface area contributed by atoms with Crippen LogP contribution in [0.15, 0.2) is 24.3 Å². The molecule has 1 aromatic carbocycles. The van der Waals surface area contributed by atoms with Crippen molar-refractivity contribution in [1.82, 2.24) is 5.32 Å². The average molecular weight is 265 g/mol. The van der Waals surface area contributed by atoms with Crippen LogP contribution in [-0.2, 0) is 6.42 Å². The predicted molar refractivity (Wildman–Crippen MR) is 79.6 cm³/mol. The number of aliphatic hydroxyl groups is 1. The third-order valence-electron chi connectivity index (χ3n) is 3.77. The Bertz CT molecular complexity index is 388. The van der Waals surface area contributed by atoms with Gasteiger partial charge >= 0.3 is 0 Å². The van der Waals surface area contributed by atoms with E-state index in [2.05, 4.69) is 18.3 Å². The van der Waals surface area contributed by atoms with Crippen molar-refractivity contribution in [3.8, 4) is 5.75 Å². The van der Waals surface area contributed by atoms with Gasteiger partial charge < -0.3 is 15.2 Å². The summed E-state index contributed by atoms with van der Waals surface area (Å²) in [5, 5.41) is 13.6. The van der Waals surface area contributed by atoms with Crippen LogP contribution in [0.2, 0.25) is 0 Å². The molecule has 2 atom stereocenters. The van der Waals surface area contributed by atoms with E-state index in [-0.39, 0.29) is 5.92 Å². The van der Waals surface area contributed by atoms with E-state index < -0.39 is 5.60 Å². The lowest BCUT2D eigenvalue weighted by molar-refractivity contribution is 0.0122.